The van der Waals surface area contributed by atoms with Crippen LogP contribution in [0.4, 0.5) is 13.6 Å². The minimum Gasteiger partial charge on any atom is -0.438 e. The van der Waals surface area contributed by atoms with Crippen molar-refractivity contribution in [2.45, 2.75) is 50.9 Å². The lowest BCUT2D eigenvalue weighted by Crippen LogP contribution is -2.50. The third kappa shape index (κ3) is 4.54. The summed E-state index contributed by atoms with van der Waals surface area (Å²) in [5, 5.41) is 0. The summed E-state index contributed by atoms with van der Waals surface area (Å²) in [6, 6.07) is 13.4. The van der Waals surface area contributed by atoms with Gasteiger partial charge in [-0.25, -0.2) is 13.6 Å². The molecule has 2 atom stereocenters. The molecule has 0 aromatic heterocycles. The van der Waals surface area contributed by atoms with Crippen molar-refractivity contribution in [2.75, 3.05) is 6.54 Å². The summed E-state index contributed by atoms with van der Waals surface area (Å²) < 4.78 is 34.8. The van der Waals surface area contributed by atoms with E-state index in [0.29, 0.717) is 18.5 Å². The maximum Gasteiger partial charge on any atom is 0.411 e. The number of carbonyl (C=O) groups is 1. The van der Waals surface area contributed by atoms with E-state index in [4.69, 9.17) is 4.74 Å². The Hall–Kier alpha value is -1.95. The quantitative estimate of drug-likeness (QED) is 0.517. The van der Waals surface area contributed by atoms with Crippen molar-refractivity contribution >= 4 is 22.0 Å². The van der Waals surface area contributed by atoms with Crippen LogP contribution in [0.5, 0.6) is 0 Å². The summed E-state index contributed by atoms with van der Waals surface area (Å²) in [5.41, 5.74) is -1.06. The van der Waals surface area contributed by atoms with Gasteiger partial charge in [0.05, 0.1) is 6.04 Å². The van der Waals surface area contributed by atoms with Crippen LogP contribution in [0.3, 0.4) is 0 Å². The van der Waals surface area contributed by atoms with Crippen molar-refractivity contribution in [3.05, 3.63) is 69.9 Å². The van der Waals surface area contributed by atoms with Crippen LogP contribution < -0.4 is 0 Å². The van der Waals surface area contributed by atoms with Crippen molar-refractivity contribution < 1.29 is 18.3 Å². The van der Waals surface area contributed by atoms with E-state index in [9.17, 15) is 13.6 Å². The Labute approximate surface area is 172 Å². The topological polar surface area (TPSA) is 29.5 Å². The molecule has 1 fully saturated rings. The normalized spacial score (nSPS) is 21.4. The molecule has 0 aliphatic carbocycles. The van der Waals surface area contributed by atoms with Crippen LogP contribution in [0.1, 0.15) is 50.8 Å². The molecule has 0 saturated carbocycles. The van der Waals surface area contributed by atoms with Gasteiger partial charge in [0.15, 0.2) is 0 Å². The predicted molar refractivity (Wildman–Crippen MR) is 108 cm³/mol. The predicted octanol–water partition coefficient (Wildman–Crippen LogP) is 6.53. The Morgan fingerprint density at radius 2 is 1.79 bits per heavy atom. The number of nitrogens with zero attached hydrogens (tertiary/aromatic N) is 1. The molecule has 1 heterocycles. The van der Waals surface area contributed by atoms with Crippen LogP contribution in [0.2, 0.25) is 0 Å². The number of hydrogen-bond acceptors (Lipinski definition) is 2. The molecule has 0 N–H and O–H groups in total. The molecule has 1 aliphatic rings. The molecule has 0 spiro atoms. The summed E-state index contributed by atoms with van der Waals surface area (Å²) in [6.45, 7) is 5.28. The van der Waals surface area contributed by atoms with Gasteiger partial charge in [0.2, 0.25) is 0 Å². The molecule has 0 bridgehead atoms. The lowest BCUT2D eigenvalue weighted by molar-refractivity contribution is -0.0862. The maximum atomic E-state index is 14.6. The number of ether oxygens (including phenoxy) is 1. The first-order valence-electron chi connectivity index (χ1n) is 9.30. The van der Waals surface area contributed by atoms with E-state index in [1.54, 1.807) is 17.0 Å². The zero-order valence-corrected chi connectivity index (χ0v) is 17.8. The molecule has 1 saturated heterocycles. The van der Waals surface area contributed by atoms with Gasteiger partial charge < -0.3 is 9.64 Å². The monoisotopic (exact) mass is 451 g/mol. The van der Waals surface area contributed by atoms with Gasteiger partial charge in [0.25, 0.3) is 0 Å². The Balaban J connectivity index is 1.87. The number of amides is 1. The molecule has 1 aliphatic heterocycles. The van der Waals surface area contributed by atoms with Crippen molar-refractivity contribution in [3.63, 3.8) is 0 Å². The SMILES string of the molecule is C[C@@H](c1ccc(Br)cc1)N1CC[C@](CC(C)(C)F)(c2ccc(F)cc2)OC1=O. The highest BCUT2D eigenvalue weighted by molar-refractivity contribution is 9.10. The first kappa shape index (κ1) is 20.8. The summed E-state index contributed by atoms with van der Waals surface area (Å²) in [6.07, 6.45) is -0.0496. The van der Waals surface area contributed by atoms with E-state index in [1.165, 1.54) is 26.0 Å². The molecule has 150 valence electrons. The first-order valence-corrected chi connectivity index (χ1v) is 10.1. The molecule has 28 heavy (non-hydrogen) atoms. The standard InChI is InChI=1S/C22H24BrF2NO2/c1-15(16-4-8-18(23)9-5-16)26-13-12-22(28-20(26)27,14-21(2,3)25)17-6-10-19(24)11-7-17/h4-11,15H,12-14H2,1-3H3/t15-,22-/m0/s1. The maximum absolute atomic E-state index is 14.6. The number of benzene rings is 2. The number of cyclic esters (lactones) is 1. The van der Waals surface area contributed by atoms with E-state index in [0.717, 1.165) is 10.0 Å². The Bertz CT molecular complexity index is 833. The average Bonchev–Trinajstić information content (AvgIpc) is 2.61. The van der Waals surface area contributed by atoms with Crippen LogP contribution in [0.15, 0.2) is 53.0 Å². The highest BCUT2D eigenvalue weighted by Crippen LogP contribution is 2.43. The highest BCUT2D eigenvalue weighted by atomic mass is 79.9. The van der Waals surface area contributed by atoms with Crippen LogP contribution in [-0.2, 0) is 10.3 Å². The van der Waals surface area contributed by atoms with Gasteiger partial charge in [-0.3, -0.25) is 0 Å². The third-order valence-corrected chi connectivity index (χ3v) is 5.70. The number of alkyl halides is 1. The second-order valence-electron chi connectivity index (χ2n) is 7.94. The second kappa shape index (κ2) is 7.82. The molecule has 2 aromatic rings. The van der Waals surface area contributed by atoms with Gasteiger partial charge in [0, 0.05) is 23.9 Å². The Morgan fingerprint density at radius 1 is 1.18 bits per heavy atom. The highest BCUT2D eigenvalue weighted by Gasteiger charge is 2.46. The van der Waals surface area contributed by atoms with Crippen LogP contribution in [0.25, 0.3) is 0 Å². The molecule has 2 aromatic carbocycles. The fourth-order valence-corrected chi connectivity index (χ4v) is 4.07. The Morgan fingerprint density at radius 3 is 2.32 bits per heavy atom. The van der Waals surface area contributed by atoms with E-state index in [2.05, 4.69) is 15.9 Å². The van der Waals surface area contributed by atoms with Gasteiger partial charge in [-0.15, -0.1) is 0 Å². The molecule has 1 amide bonds. The number of hydrogen-bond donors (Lipinski definition) is 0. The molecule has 0 radical (unpaired) electrons. The first-order chi connectivity index (χ1) is 13.1. The van der Waals surface area contributed by atoms with Crippen molar-refractivity contribution in [2.24, 2.45) is 0 Å². The summed E-state index contributed by atoms with van der Waals surface area (Å²) in [4.78, 5) is 14.6. The van der Waals surface area contributed by atoms with Gasteiger partial charge in [-0.1, -0.05) is 40.2 Å². The second-order valence-corrected chi connectivity index (χ2v) is 8.85. The van der Waals surface area contributed by atoms with Crippen LogP contribution in [-0.4, -0.2) is 23.2 Å². The lowest BCUT2D eigenvalue weighted by Gasteiger charge is -2.45. The smallest absolute Gasteiger partial charge is 0.411 e. The summed E-state index contributed by atoms with van der Waals surface area (Å²) >= 11 is 3.41. The molecule has 0 unspecified atom stereocenters. The minimum absolute atomic E-state index is 0.0118. The molecule has 3 rings (SSSR count). The number of rotatable bonds is 5. The zero-order chi connectivity index (χ0) is 20.5. The van der Waals surface area contributed by atoms with E-state index in [1.807, 2.05) is 31.2 Å². The minimum atomic E-state index is -1.55. The van der Waals surface area contributed by atoms with E-state index >= 15 is 0 Å². The van der Waals surface area contributed by atoms with Crippen molar-refractivity contribution in [1.82, 2.24) is 4.90 Å². The lowest BCUT2D eigenvalue weighted by atomic mass is 9.80. The number of carbonyl (C=O) groups excluding carboxylic acids is 1. The fourth-order valence-electron chi connectivity index (χ4n) is 3.80. The third-order valence-electron chi connectivity index (χ3n) is 5.17. The van der Waals surface area contributed by atoms with Gasteiger partial charge in [-0.2, -0.15) is 0 Å². The summed E-state index contributed by atoms with van der Waals surface area (Å²) in [7, 11) is 0. The van der Waals surface area contributed by atoms with Crippen LogP contribution in [0, 0.1) is 5.82 Å². The Kier molecular flexibility index (Phi) is 5.80. The average molecular weight is 452 g/mol. The van der Waals surface area contributed by atoms with E-state index < -0.39 is 17.4 Å². The van der Waals surface area contributed by atoms with Crippen molar-refractivity contribution in [1.29, 1.82) is 0 Å². The molecule has 6 heteroatoms. The molecular weight excluding hydrogens is 428 g/mol. The zero-order valence-electron chi connectivity index (χ0n) is 16.2. The van der Waals surface area contributed by atoms with Gasteiger partial charge in [0.1, 0.15) is 17.1 Å². The molecular formula is C22H24BrF2NO2. The largest absolute Gasteiger partial charge is 0.438 e. The number of halogens is 3. The van der Waals surface area contributed by atoms with Gasteiger partial charge in [-0.05, 0) is 56.2 Å². The van der Waals surface area contributed by atoms with Crippen LogP contribution >= 0.6 is 15.9 Å². The van der Waals surface area contributed by atoms with E-state index in [-0.39, 0.29) is 18.3 Å². The fraction of sp³-hybridized carbons (Fsp3) is 0.409. The molecule has 3 nitrogen and oxygen atoms in total. The summed E-state index contributed by atoms with van der Waals surface area (Å²) in [5.74, 6) is -0.383. The van der Waals surface area contributed by atoms with Gasteiger partial charge >= 0.3 is 6.09 Å². The van der Waals surface area contributed by atoms with Crippen molar-refractivity contribution in [3.8, 4) is 0 Å².